The predicted octanol–water partition coefficient (Wildman–Crippen LogP) is 4.87. The molecule has 0 saturated carbocycles. The van der Waals surface area contributed by atoms with Gasteiger partial charge in [-0.15, -0.1) is 0 Å². The summed E-state index contributed by atoms with van der Waals surface area (Å²) in [4.78, 5) is 22.3. The fourth-order valence-electron chi connectivity index (χ4n) is 3.86. The molecule has 0 spiro atoms. The molecule has 3 aromatic rings. The molecule has 1 aliphatic carbocycles. The van der Waals surface area contributed by atoms with E-state index in [1.807, 2.05) is 36.4 Å². The summed E-state index contributed by atoms with van der Waals surface area (Å²) in [5.74, 6) is -0.912. The Kier molecular flexibility index (Phi) is 5.85. The second-order valence-electron chi connectivity index (χ2n) is 7.30. The number of alkyl carbamates (subject to hydrolysis) is 1. The second-order valence-corrected chi connectivity index (χ2v) is 7.30. The molecule has 1 aliphatic rings. The highest BCUT2D eigenvalue weighted by Crippen LogP contribution is 2.44. The highest BCUT2D eigenvalue weighted by molar-refractivity contribution is 5.79. The zero-order chi connectivity index (χ0) is 22.7. The fraction of sp³-hybridized carbons (Fsp3) is 0.125. The van der Waals surface area contributed by atoms with Crippen molar-refractivity contribution >= 4 is 23.5 Å². The molecular formula is C24H20FN3O4. The average molecular weight is 433 g/mol. The zero-order valence-electron chi connectivity index (χ0n) is 17.0. The van der Waals surface area contributed by atoms with Gasteiger partial charge in [-0.2, -0.15) is 0 Å². The van der Waals surface area contributed by atoms with Gasteiger partial charge < -0.3 is 15.8 Å². The number of hydrogen-bond donors (Lipinski definition) is 2. The summed E-state index contributed by atoms with van der Waals surface area (Å²) in [6.07, 6.45) is 2.40. The molecule has 0 radical (unpaired) electrons. The number of nitro groups is 1. The Morgan fingerprint density at radius 2 is 1.75 bits per heavy atom. The highest BCUT2D eigenvalue weighted by atomic mass is 19.1. The van der Waals surface area contributed by atoms with Crippen LogP contribution < -0.4 is 11.1 Å². The zero-order valence-corrected chi connectivity index (χ0v) is 17.0. The van der Waals surface area contributed by atoms with Gasteiger partial charge in [0.05, 0.1) is 4.92 Å². The van der Waals surface area contributed by atoms with Crippen molar-refractivity contribution in [2.75, 3.05) is 18.9 Å². The van der Waals surface area contributed by atoms with E-state index in [1.54, 1.807) is 0 Å². The molecule has 0 atom stereocenters. The SMILES string of the molecule is Nc1c(F)cc(C=CCNC(=O)OCC2c3ccccc3-c3ccccc32)cc1[N+](=O)[O-]. The molecule has 32 heavy (non-hydrogen) atoms. The lowest BCUT2D eigenvalue weighted by Crippen LogP contribution is -2.26. The number of nitrogens with zero attached hydrogens (tertiary/aromatic N) is 1. The Morgan fingerprint density at radius 3 is 2.38 bits per heavy atom. The minimum absolute atomic E-state index is 0.0398. The molecule has 162 valence electrons. The van der Waals surface area contributed by atoms with Crippen molar-refractivity contribution in [1.82, 2.24) is 5.32 Å². The maximum absolute atomic E-state index is 13.7. The van der Waals surface area contributed by atoms with Crippen molar-refractivity contribution in [2.24, 2.45) is 0 Å². The van der Waals surface area contributed by atoms with Crippen molar-refractivity contribution in [1.29, 1.82) is 0 Å². The van der Waals surface area contributed by atoms with Crippen molar-refractivity contribution in [3.63, 3.8) is 0 Å². The van der Waals surface area contributed by atoms with E-state index in [1.165, 1.54) is 18.2 Å². The number of nitrogens with one attached hydrogen (secondary N) is 1. The minimum atomic E-state index is -0.872. The molecule has 0 bridgehead atoms. The number of halogens is 1. The summed E-state index contributed by atoms with van der Waals surface area (Å²) in [6, 6.07) is 18.4. The van der Waals surface area contributed by atoms with E-state index in [2.05, 4.69) is 17.4 Å². The van der Waals surface area contributed by atoms with E-state index in [0.29, 0.717) is 0 Å². The molecule has 0 unspecified atom stereocenters. The molecule has 0 aliphatic heterocycles. The molecule has 7 nitrogen and oxygen atoms in total. The number of carbonyl (C=O) groups is 1. The molecule has 0 aromatic heterocycles. The maximum atomic E-state index is 13.7. The maximum Gasteiger partial charge on any atom is 0.407 e. The fourth-order valence-corrected chi connectivity index (χ4v) is 3.86. The van der Waals surface area contributed by atoms with Gasteiger partial charge in [0.15, 0.2) is 5.82 Å². The van der Waals surface area contributed by atoms with Gasteiger partial charge in [-0.25, -0.2) is 9.18 Å². The summed E-state index contributed by atoms with van der Waals surface area (Å²) in [5, 5.41) is 13.5. The number of anilines is 1. The van der Waals surface area contributed by atoms with Gasteiger partial charge in [-0.3, -0.25) is 10.1 Å². The van der Waals surface area contributed by atoms with Crippen LogP contribution in [-0.4, -0.2) is 24.2 Å². The lowest BCUT2D eigenvalue weighted by Gasteiger charge is -2.14. The number of benzene rings is 3. The number of rotatable bonds is 6. The van der Waals surface area contributed by atoms with Crippen LogP contribution in [-0.2, 0) is 4.74 Å². The van der Waals surface area contributed by atoms with Gasteiger partial charge in [0.1, 0.15) is 12.3 Å². The van der Waals surface area contributed by atoms with Crippen molar-refractivity contribution in [3.05, 3.63) is 99.4 Å². The number of hydrogen-bond acceptors (Lipinski definition) is 5. The number of amides is 1. The van der Waals surface area contributed by atoms with Crippen molar-refractivity contribution in [3.8, 4) is 11.1 Å². The molecule has 0 heterocycles. The van der Waals surface area contributed by atoms with E-state index in [0.717, 1.165) is 28.3 Å². The van der Waals surface area contributed by atoms with Crippen LogP contribution in [0.3, 0.4) is 0 Å². The lowest BCUT2D eigenvalue weighted by atomic mass is 9.98. The first kappa shape index (κ1) is 21.0. The third-order valence-corrected chi connectivity index (χ3v) is 5.34. The Bertz CT molecular complexity index is 1180. The predicted molar refractivity (Wildman–Crippen MR) is 120 cm³/mol. The lowest BCUT2D eigenvalue weighted by molar-refractivity contribution is -0.384. The molecule has 0 fully saturated rings. The average Bonchev–Trinajstić information content (AvgIpc) is 3.11. The summed E-state index contributed by atoms with van der Waals surface area (Å²) < 4.78 is 19.2. The topological polar surface area (TPSA) is 107 Å². The van der Waals surface area contributed by atoms with Crippen molar-refractivity contribution < 1.29 is 18.8 Å². The summed E-state index contributed by atoms with van der Waals surface area (Å²) in [5.41, 5.74) is 9.15. The normalized spacial score (nSPS) is 12.4. The van der Waals surface area contributed by atoms with Crippen LogP contribution in [0.15, 0.2) is 66.7 Å². The number of nitrogen functional groups attached to an aromatic ring is 1. The quantitative estimate of drug-likeness (QED) is 0.328. The van der Waals surface area contributed by atoms with Crippen LogP contribution in [0.4, 0.5) is 20.6 Å². The minimum Gasteiger partial charge on any atom is -0.449 e. The molecular weight excluding hydrogens is 413 g/mol. The van der Waals surface area contributed by atoms with Crippen LogP contribution in [0.5, 0.6) is 0 Å². The highest BCUT2D eigenvalue weighted by Gasteiger charge is 2.28. The number of carbonyl (C=O) groups excluding carboxylic acids is 1. The Hall–Kier alpha value is -4.20. The largest absolute Gasteiger partial charge is 0.449 e. The van der Waals surface area contributed by atoms with E-state index in [9.17, 15) is 19.3 Å². The summed E-state index contributed by atoms with van der Waals surface area (Å²) in [7, 11) is 0. The van der Waals surface area contributed by atoms with Crippen LogP contribution >= 0.6 is 0 Å². The van der Waals surface area contributed by atoms with Crippen LogP contribution in [0.1, 0.15) is 22.6 Å². The second kappa shape index (κ2) is 8.89. The third kappa shape index (κ3) is 4.15. The van der Waals surface area contributed by atoms with Gasteiger partial charge in [0.2, 0.25) is 0 Å². The first-order valence-electron chi connectivity index (χ1n) is 9.94. The molecule has 4 rings (SSSR count). The van der Waals surface area contributed by atoms with E-state index in [4.69, 9.17) is 10.5 Å². The molecule has 8 heteroatoms. The van der Waals surface area contributed by atoms with Crippen LogP contribution in [0, 0.1) is 15.9 Å². The van der Waals surface area contributed by atoms with Crippen LogP contribution in [0.2, 0.25) is 0 Å². The first-order chi connectivity index (χ1) is 15.5. The smallest absolute Gasteiger partial charge is 0.407 e. The van der Waals surface area contributed by atoms with Gasteiger partial charge >= 0.3 is 6.09 Å². The first-order valence-corrected chi connectivity index (χ1v) is 9.94. The number of fused-ring (bicyclic) bond motifs is 3. The van der Waals surface area contributed by atoms with Gasteiger partial charge in [0.25, 0.3) is 5.69 Å². The Labute approximate surface area is 183 Å². The molecule has 1 amide bonds. The Morgan fingerprint density at radius 1 is 1.12 bits per heavy atom. The van der Waals surface area contributed by atoms with Gasteiger partial charge in [0, 0.05) is 18.5 Å². The monoisotopic (exact) mass is 433 g/mol. The summed E-state index contributed by atoms with van der Waals surface area (Å²) >= 11 is 0. The Balaban J connectivity index is 1.34. The van der Waals surface area contributed by atoms with Gasteiger partial charge in [-0.05, 0) is 33.9 Å². The van der Waals surface area contributed by atoms with E-state index in [-0.39, 0.29) is 24.6 Å². The molecule has 3 aromatic carbocycles. The molecule has 3 N–H and O–H groups in total. The molecule has 0 saturated heterocycles. The number of ether oxygens (including phenoxy) is 1. The standard InChI is InChI=1S/C24H20FN3O4/c25-21-12-15(13-22(23(21)26)28(30)31)6-5-11-27-24(29)32-14-20-18-9-3-1-7-16(18)17-8-2-4-10-19(17)20/h1-10,12-13,20H,11,14,26H2,(H,27,29). The van der Waals surface area contributed by atoms with E-state index >= 15 is 0 Å². The third-order valence-electron chi connectivity index (χ3n) is 5.34. The van der Waals surface area contributed by atoms with E-state index < -0.39 is 28.2 Å². The van der Waals surface area contributed by atoms with Crippen molar-refractivity contribution in [2.45, 2.75) is 5.92 Å². The van der Waals surface area contributed by atoms with Gasteiger partial charge in [-0.1, -0.05) is 60.7 Å². The number of nitrogens with two attached hydrogens (primary N) is 1. The number of nitro benzene ring substituents is 1. The van der Waals surface area contributed by atoms with Crippen LogP contribution in [0.25, 0.3) is 17.2 Å². The summed E-state index contributed by atoms with van der Waals surface area (Å²) in [6.45, 7) is 0.301.